The van der Waals surface area contributed by atoms with Crippen molar-refractivity contribution in [1.29, 1.82) is 0 Å². The van der Waals surface area contributed by atoms with Gasteiger partial charge in [0.05, 0.1) is 12.1 Å². The number of ether oxygens (including phenoxy) is 1. The summed E-state index contributed by atoms with van der Waals surface area (Å²) in [6.07, 6.45) is -1.84. The molecule has 2 aromatic rings. The van der Waals surface area contributed by atoms with Gasteiger partial charge >= 0.3 is 6.09 Å². The number of hydrogen-bond donors (Lipinski definition) is 1. The molecule has 1 aliphatic heterocycles. The van der Waals surface area contributed by atoms with Gasteiger partial charge in [0, 0.05) is 0 Å². The molecule has 1 aliphatic rings. The van der Waals surface area contributed by atoms with Crippen molar-refractivity contribution in [2.45, 2.75) is 38.6 Å². The number of benzene rings is 2. The van der Waals surface area contributed by atoms with Gasteiger partial charge in [-0.15, -0.1) is 0 Å². The highest BCUT2D eigenvalue weighted by Crippen LogP contribution is 2.26. The Labute approximate surface area is 159 Å². The maximum atomic E-state index is 12.6. The third kappa shape index (κ3) is 4.11. The molecule has 1 saturated heterocycles. The summed E-state index contributed by atoms with van der Waals surface area (Å²) in [7, 11) is 0. The van der Waals surface area contributed by atoms with Crippen molar-refractivity contribution in [2.75, 3.05) is 6.67 Å². The van der Waals surface area contributed by atoms with Crippen molar-refractivity contribution < 1.29 is 19.4 Å². The van der Waals surface area contributed by atoms with Crippen molar-refractivity contribution in [2.24, 2.45) is 0 Å². The first-order valence-corrected chi connectivity index (χ1v) is 9.00. The van der Waals surface area contributed by atoms with E-state index >= 15 is 0 Å². The number of amides is 2. The van der Waals surface area contributed by atoms with Crippen LogP contribution in [0.3, 0.4) is 0 Å². The lowest BCUT2D eigenvalue weighted by Gasteiger charge is -2.44. The van der Waals surface area contributed by atoms with E-state index < -0.39 is 18.2 Å². The van der Waals surface area contributed by atoms with Crippen LogP contribution in [0.2, 0.25) is 0 Å². The molecule has 2 amide bonds. The lowest BCUT2D eigenvalue weighted by molar-refractivity contribution is -0.157. The highest BCUT2D eigenvalue weighted by molar-refractivity contribution is 5.84. The summed E-state index contributed by atoms with van der Waals surface area (Å²) in [5.74, 6) is -0.383. The van der Waals surface area contributed by atoms with Crippen LogP contribution in [0.1, 0.15) is 31.0 Å². The molecule has 27 heavy (non-hydrogen) atoms. The molecular weight excluding hydrogens is 344 g/mol. The summed E-state index contributed by atoms with van der Waals surface area (Å²) in [5.41, 5.74) is 1.81. The van der Waals surface area contributed by atoms with Gasteiger partial charge in [-0.3, -0.25) is 9.69 Å². The first-order chi connectivity index (χ1) is 13.0. The predicted octanol–water partition coefficient (Wildman–Crippen LogP) is 2.94. The Balaban J connectivity index is 1.72. The fourth-order valence-electron chi connectivity index (χ4n) is 3.16. The molecule has 3 rings (SSSR count). The number of hydrogen-bond acceptors (Lipinski definition) is 4. The summed E-state index contributed by atoms with van der Waals surface area (Å²) in [6, 6.07) is 18.0. The van der Waals surface area contributed by atoms with Crippen LogP contribution in [-0.4, -0.2) is 45.7 Å². The minimum absolute atomic E-state index is 0.0702. The molecule has 1 N–H and O–H groups in total. The SMILES string of the molecule is C[C@H](c1ccccc1)N1CN(C(=O)OCc2ccccc2)[C@H](C)[C@@H](O)C1=O. The Hall–Kier alpha value is -2.86. The second kappa shape index (κ2) is 8.22. The van der Waals surface area contributed by atoms with E-state index in [9.17, 15) is 14.7 Å². The number of aliphatic hydroxyl groups is 1. The van der Waals surface area contributed by atoms with E-state index in [0.717, 1.165) is 11.1 Å². The zero-order valence-electron chi connectivity index (χ0n) is 15.5. The van der Waals surface area contributed by atoms with Gasteiger partial charge in [-0.2, -0.15) is 0 Å². The topological polar surface area (TPSA) is 70.1 Å². The molecule has 0 aromatic heterocycles. The molecular formula is C21H24N2O4. The first-order valence-electron chi connectivity index (χ1n) is 9.00. The zero-order valence-corrected chi connectivity index (χ0v) is 15.5. The van der Waals surface area contributed by atoms with Crippen molar-refractivity contribution in [3.63, 3.8) is 0 Å². The van der Waals surface area contributed by atoms with Crippen LogP contribution in [0, 0.1) is 0 Å². The minimum Gasteiger partial charge on any atom is -0.444 e. The fourth-order valence-corrected chi connectivity index (χ4v) is 3.16. The monoisotopic (exact) mass is 368 g/mol. The van der Waals surface area contributed by atoms with Crippen LogP contribution >= 0.6 is 0 Å². The average molecular weight is 368 g/mol. The van der Waals surface area contributed by atoms with Crippen LogP contribution in [-0.2, 0) is 16.1 Å². The molecule has 0 radical (unpaired) electrons. The molecule has 0 spiro atoms. The molecule has 1 heterocycles. The molecule has 0 aliphatic carbocycles. The second-order valence-corrected chi connectivity index (χ2v) is 6.73. The second-order valence-electron chi connectivity index (χ2n) is 6.73. The molecule has 142 valence electrons. The van der Waals surface area contributed by atoms with Crippen LogP contribution < -0.4 is 0 Å². The number of carbonyl (C=O) groups excluding carboxylic acids is 2. The smallest absolute Gasteiger partial charge is 0.411 e. The van der Waals surface area contributed by atoms with Crippen LogP contribution in [0.5, 0.6) is 0 Å². The van der Waals surface area contributed by atoms with E-state index in [0.29, 0.717) is 0 Å². The average Bonchev–Trinajstić information content (AvgIpc) is 2.71. The van der Waals surface area contributed by atoms with E-state index in [2.05, 4.69) is 0 Å². The highest BCUT2D eigenvalue weighted by atomic mass is 16.6. The molecule has 1 fully saturated rings. The normalized spacial score (nSPS) is 21.1. The number of nitrogens with zero attached hydrogens (tertiary/aromatic N) is 2. The van der Waals surface area contributed by atoms with Gasteiger partial charge in [0.25, 0.3) is 5.91 Å². The summed E-state index contributed by atoms with van der Waals surface area (Å²) in [5, 5.41) is 10.4. The quantitative estimate of drug-likeness (QED) is 0.901. The largest absolute Gasteiger partial charge is 0.444 e. The van der Waals surface area contributed by atoms with Gasteiger partial charge in [-0.1, -0.05) is 60.7 Å². The highest BCUT2D eigenvalue weighted by Gasteiger charge is 2.42. The van der Waals surface area contributed by atoms with E-state index in [-0.39, 0.29) is 25.2 Å². The summed E-state index contributed by atoms with van der Waals surface area (Å²) >= 11 is 0. The zero-order chi connectivity index (χ0) is 19.4. The maximum Gasteiger partial charge on any atom is 0.411 e. The minimum atomic E-state index is -1.28. The number of carbonyl (C=O) groups is 2. The Morgan fingerprint density at radius 1 is 1.15 bits per heavy atom. The fraction of sp³-hybridized carbons (Fsp3) is 0.333. The maximum absolute atomic E-state index is 12.6. The third-order valence-electron chi connectivity index (χ3n) is 4.98. The lowest BCUT2D eigenvalue weighted by Crippen LogP contribution is -2.62. The van der Waals surface area contributed by atoms with E-state index in [1.54, 1.807) is 6.92 Å². The van der Waals surface area contributed by atoms with E-state index in [1.807, 2.05) is 67.6 Å². The Kier molecular flexibility index (Phi) is 5.76. The molecule has 3 atom stereocenters. The standard InChI is InChI=1S/C21H24N2O4/c1-15(18-11-7-4-8-12-18)22-14-23(16(2)19(24)20(22)25)21(26)27-13-17-9-5-3-6-10-17/h3-12,15-16,19,24H,13-14H2,1-2H3/t15-,16-,19-/m1/s1. The van der Waals surface area contributed by atoms with Gasteiger partial charge in [0.2, 0.25) is 0 Å². The lowest BCUT2D eigenvalue weighted by atomic mass is 10.0. The summed E-state index contributed by atoms with van der Waals surface area (Å²) in [4.78, 5) is 28.1. The van der Waals surface area contributed by atoms with Crippen LogP contribution in [0.4, 0.5) is 4.79 Å². The van der Waals surface area contributed by atoms with Crippen molar-refractivity contribution in [3.05, 3.63) is 71.8 Å². The molecule has 6 nitrogen and oxygen atoms in total. The third-order valence-corrected chi connectivity index (χ3v) is 4.98. The van der Waals surface area contributed by atoms with Crippen molar-refractivity contribution in [1.82, 2.24) is 9.80 Å². The Morgan fingerprint density at radius 2 is 1.74 bits per heavy atom. The van der Waals surface area contributed by atoms with Crippen molar-refractivity contribution in [3.8, 4) is 0 Å². The molecule has 0 bridgehead atoms. The van der Waals surface area contributed by atoms with Crippen LogP contribution in [0.15, 0.2) is 60.7 Å². The molecule has 6 heteroatoms. The van der Waals surface area contributed by atoms with Gasteiger partial charge in [-0.25, -0.2) is 4.79 Å². The molecule has 2 aromatic carbocycles. The Morgan fingerprint density at radius 3 is 2.37 bits per heavy atom. The van der Waals surface area contributed by atoms with Gasteiger partial charge in [0.1, 0.15) is 13.3 Å². The first kappa shape index (κ1) is 18.9. The van der Waals surface area contributed by atoms with Gasteiger partial charge in [-0.05, 0) is 25.0 Å². The predicted molar refractivity (Wildman–Crippen MR) is 101 cm³/mol. The van der Waals surface area contributed by atoms with Gasteiger partial charge in [0.15, 0.2) is 6.10 Å². The number of aliphatic hydroxyl groups excluding tert-OH is 1. The van der Waals surface area contributed by atoms with Crippen molar-refractivity contribution >= 4 is 12.0 Å². The summed E-state index contributed by atoms with van der Waals surface area (Å²) < 4.78 is 5.39. The van der Waals surface area contributed by atoms with E-state index in [4.69, 9.17) is 4.74 Å². The number of rotatable bonds is 4. The van der Waals surface area contributed by atoms with E-state index in [1.165, 1.54) is 9.80 Å². The molecule has 0 saturated carbocycles. The van der Waals surface area contributed by atoms with Crippen LogP contribution in [0.25, 0.3) is 0 Å². The summed E-state index contributed by atoms with van der Waals surface area (Å²) in [6.45, 7) is 3.74. The van der Waals surface area contributed by atoms with Gasteiger partial charge < -0.3 is 14.7 Å². The Bertz CT molecular complexity index is 781. The molecule has 0 unspecified atom stereocenters.